The molecule has 4 N–H and O–H groups in total. The van der Waals surface area contributed by atoms with Gasteiger partial charge >= 0.3 is 0 Å². The zero-order valence-corrected chi connectivity index (χ0v) is 10.9. The Morgan fingerprint density at radius 3 is 2.59 bits per heavy atom. The summed E-state index contributed by atoms with van der Waals surface area (Å²) in [4.78, 5) is 16.9. The standard InChI is InChI=1S/C12H22N4O/c1-8(2)11(7-16(3)4)15-12(17)10-5-9(13)6-14-10/h5-6,8,11,14H,7,13H2,1-4H3,(H,15,17). The average molecular weight is 238 g/mol. The number of H-pyrrole nitrogens is 1. The van der Waals surface area contributed by atoms with Crippen LogP contribution in [0.3, 0.4) is 0 Å². The molecule has 1 heterocycles. The summed E-state index contributed by atoms with van der Waals surface area (Å²) in [6.45, 7) is 5.01. The Morgan fingerprint density at radius 1 is 1.53 bits per heavy atom. The molecule has 0 aromatic carbocycles. The molecule has 0 bridgehead atoms. The maximum atomic E-state index is 11.9. The van der Waals surface area contributed by atoms with Crippen molar-refractivity contribution in [2.24, 2.45) is 5.92 Å². The van der Waals surface area contributed by atoms with Crippen molar-refractivity contribution in [2.45, 2.75) is 19.9 Å². The molecule has 1 aromatic heterocycles. The van der Waals surface area contributed by atoms with Crippen molar-refractivity contribution in [1.82, 2.24) is 15.2 Å². The maximum absolute atomic E-state index is 11.9. The average Bonchev–Trinajstić information content (AvgIpc) is 2.63. The minimum absolute atomic E-state index is 0.109. The molecule has 0 saturated heterocycles. The number of likely N-dealkylation sites (N-methyl/N-ethyl adjacent to an activating group) is 1. The van der Waals surface area contributed by atoms with Crippen LogP contribution < -0.4 is 11.1 Å². The number of nitrogens with two attached hydrogens (primary N) is 1. The maximum Gasteiger partial charge on any atom is 0.268 e. The third kappa shape index (κ3) is 4.11. The molecule has 0 saturated carbocycles. The molecule has 0 aliphatic heterocycles. The first-order valence-corrected chi connectivity index (χ1v) is 5.79. The van der Waals surface area contributed by atoms with Gasteiger partial charge in [-0.1, -0.05) is 13.8 Å². The van der Waals surface area contributed by atoms with Crippen LogP contribution in [0.2, 0.25) is 0 Å². The van der Waals surface area contributed by atoms with Gasteiger partial charge < -0.3 is 20.9 Å². The number of carbonyl (C=O) groups excluding carboxylic acids is 1. The van der Waals surface area contributed by atoms with E-state index in [1.807, 2.05) is 14.1 Å². The van der Waals surface area contributed by atoms with Gasteiger partial charge in [0.2, 0.25) is 0 Å². The van der Waals surface area contributed by atoms with Crippen molar-refractivity contribution >= 4 is 11.6 Å². The fourth-order valence-electron chi connectivity index (χ4n) is 1.60. The lowest BCUT2D eigenvalue weighted by Crippen LogP contribution is -2.45. The second-order valence-corrected chi connectivity index (χ2v) is 4.93. The van der Waals surface area contributed by atoms with Gasteiger partial charge in [-0.2, -0.15) is 0 Å². The summed E-state index contributed by atoms with van der Waals surface area (Å²) in [5.41, 5.74) is 6.65. The van der Waals surface area contributed by atoms with Gasteiger partial charge in [0.05, 0.1) is 0 Å². The molecule has 1 atom stereocenters. The summed E-state index contributed by atoms with van der Waals surface area (Å²) in [7, 11) is 3.99. The summed E-state index contributed by atoms with van der Waals surface area (Å²) in [6, 6.07) is 1.77. The van der Waals surface area contributed by atoms with Crippen molar-refractivity contribution in [3.05, 3.63) is 18.0 Å². The number of aromatic nitrogens is 1. The minimum Gasteiger partial charge on any atom is -0.397 e. The van der Waals surface area contributed by atoms with E-state index < -0.39 is 0 Å². The van der Waals surface area contributed by atoms with E-state index in [1.165, 1.54) is 0 Å². The van der Waals surface area contributed by atoms with Gasteiger partial charge in [0.15, 0.2) is 0 Å². The third-order valence-electron chi connectivity index (χ3n) is 2.63. The van der Waals surface area contributed by atoms with Gasteiger partial charge in [0.25, 0.3) is 5.91 Å². The summed E-state index contributed by atoms with van der Waals surface area (Å²) < 4.78 is 0. The van der Waals surface area contributed by atoms with E-state index in [4.69, 9.17) is 5.73 Å². The van der Waals surface area contributed by atoms with Crippen molar-refractivity contribution < 1.29 is 4.79 Å². The first-order chi connectivity index (χ1) is 7.90. The van der Waals surface area contributed by atoms with Crippen LogP contribution >= 0.6 is 0 Å². The van der Waals surface area contributed by atoms with E-state index in [0.29, 0.717) is 17.3 Å². The molecule has 0 spiro atoms. The Kier molecular flexibility index (Phi) is 4.57. The van der Waals surface area contributed by atoms with E-state index >= 15 is 0 Å². The van der Waals surface area contributed by atoms with Gasteiger partial charge in [-0.05, 0) is 26.1 Å². The second kappa shape index (κ2) is 5.72. The van der Waals surface area contributed by atoms with E-state index in [2.05, 4.69) is 29.0 Å². The molecule has 1 aromatic rings. The zero-order chi connectivity index (χ0) is 13.0. The minimum atomic E-state index is -0.109. The van der Waals surface area contributed by atoms with Crippen LogP contribution in [0, 0.1) is 5.92 Å². The van der Waals surface area contributed by atoms with Crippen molar-refractivity contribution in [3.63, 3.8) is 0 Å². The highest BCUT2D eigenvalue weighted by Crippen LogP contribution is 2.07. The zero-order valence-electron chi connectivity index (χ0n) is 10.9. The van der Waals surface area contributed by atoms with E-state index in [-0.39, 0.29) is 11.9 Å². The number of rotatable bonds is 5. The van der Waals surface area contributed by atoms with Gasteiger partial charge in [-0.15, -0.1) is 0 Å². The molecule has 5 heteroatoms. The number of carbonyl (C=O) groups is 1. The number of anilines is 1. The first-order valence-electron chi connectivity index (χ1n) is 5.79. The smallest absolute Gasteiger partial charge is 0.268 e. The van der Waals surface area contributed by atoms with E-state index in [1.54, 1.807) is 12.3 Å². The Morgan fingerprint density at radius 2 is 2.18 bits per heavy atom. The Hall–Kier alpha value is -1.49. The molecule has 96 valence electrons. The molecule has 1 rings (SSSR count). The molecular formula is C12H22N4O. The van der Waals surface area contributed by atoms with E-state index in [0.717, 1.165) is 6.54 Å². The molecule has 0 radical (unpaired) electrons. The predicted octanol–water partition coefficient (Wildman–Crippen LogP) is 0.913. The Balaban J connectivity index is 2.64. The van der Waals surface area contributed by atoms with Crippen LogP contribution in [0.4, 0.5) is 5.69 Å². The SMILES string of the molecule is CC(C)C(CN(C)C)NC(=O)c1cc(N)c[nH]1. The lowest BCUT2D eigenvalue weighted by molar-refractivity contribution is 0.0912. The Bertz CT molecular complexity index is 370. The van der Waals surface area contributed by atoms with Crippen molar-refractivity contribution in [3.8, 4) is 0 Å². The topological polar surface area (TPSA) is 74.2 Å². The van der Waals surface area contributed by atoms with Crippen LogP contribution in [-0.4, -0.2) is 42.5 Å². The molecule has 17 heavy (non-hydrogen) atoms. The Labute approximate surface area is 102 Å². The van der Waals surface area contributed by atoms with Gasteiger partial charge in [-0.25, -0.2) is 0 Å². The molecule has 0 aliphatic rings. The predicted molar refractivity (Wildman–Crippen MR) is 69.9 cm³/mol. The highest BCUT2D eigenvalue weighted by atomic mass is 16.1. The number of hydrogen-bond acceptors (Lipinski definition) is 3. The lowest BCUT2D eigenvalue weighted by Gasteiger charge is -2.25. The number of nitrogen functional groups attached to an aromatic ring is 1. The number of nitrogens with zero attached hydrogens (tertiary/aromatic N) is 1. The molecule has 5 nitrogen and oxygen atoms in total. The highest BCUT2D eigenvalue weighted by molar-refractivity contribution is 5.93. The number of hydrogen-bond donors (Lipinski definition) is 3. The molecular weight excluding hydrogens is 216 g/mol. The molecule has 0 fully saturated rings. The van der Waals surface area contributed by atoms with Crippen LogP contribution in [-0.2, 0) is 0 Å². The van der Waals surface area contributed by atoms with Crippen LogP contribution in [0.15, 0.2) is 12.3 Å². The van der Waals surface area contributed by atoms with Gasteiger partial charge in [0, 0.05) is 24.5 Å². The summed E-state index contributed by atoms with van der Waals surface area (Å²) in [6.07, 6.45) is 1.62. The number of aromatic amines is 1. The van der Waals surface area contributed by atoms with Gasteiger partial charge in [-0.3, -0.25) is 4.79 Å². The largest absolute Gasteiger partial charge is 0.397 e. The van der Waals surface area contributed by atoms with Crippen LogP contribution in [0.25, 0.3) is 0 Å². The van der Waals surface area contributed by atoms with E-state index in [9.17, 15) is 4.79 Å². The second-order valence-electron chi connectivity index (χ2n) is 4.93. The van der Waals surface area contributed by atoms with Gasteiger partial charge in [0.1, 0.15) is 5.69 Å². The molecule has 1 unspecified atom stereocenters. The van der Waals surface area contributed by atoms with Crippen molar-refractivity contribution in [1.29, 1.82) is 0 Å². The fourth-order valence-corrected chi connectivity index (χ4v) is 1.60. The lowest BCUT2D eigenvalue weighted by atomic mass is 10.0. The quantitative estimate of drug-likeness (QED) is 0.714. The summed E-state index contributed by atoms with van der Waals surface area (Å²) in [5.74, 6) is 0.274. The third-order valence-corrected chi connectivity index (χ3v) is 2.63. The fraction of sp³-hybridized carbons (Fsp3) is 0.583. The number of nitrogens with one attached hydrogen (secondary N) is 2. The normalized spacial score (nSPS) is 13.1. The first kappa shape index (κ1) is 13.6. The van der Waals surface area contributed by atoms with Crippen LogP contribution in [0.5, 0.6) is 0 Å². The monoisotopic (exact) mass is 238 g/mol. The van der Waals surface area contributed by atoms with Crippen molar-refractivity contribution in [2.75, 3.05) is 26.4 Å². The molecule has 1 amide bonds. The number of amides is 1. The highest BCUT2D eigenvalue weighted by Gasteiger charge is 2.18. The molecule has 0 aliphatic carbocycles. The van der Waals surface area contributed by atoms with Crippen LogP contribution in [0.1, 0.15) is 24.3 Å². The summed E-state index contributed by atoms with van der Waals surface area (Å²) >= 11 is 0. The summed E-state index contributed by atoms with van der Waals surface area (Å²) in [5, 5.41) is 3.01.